The van der Waals surface area contributed by atoms with Gasteiger partial charge in [-0.15, -0.1) is 0 Å². The van der Waals surface area contributed by atoms with Crippen molar-refractivity contribution in [3.05, 3.63) is 42.5 Å². The van der Waals surface area contributed by atoms with Gasteiger partial charge >= 0.3 is 0 Å². The summed E-state index contributed by atoms with van der Waals surface area (Å²) in [6.45, 7) is 5.92. The zero-order valence-corrected chi connectivity index (χ0v) is 13.7. The normalized spacial score (nSPS) is 11.4. The van der Waals surface area contributed by atoms with Crippen molar-refractivity contribution in [1.82, 2.24) is 9.55 Å². The lowest BCUT2D eigenvalue weighted by Gasteiger charge is -2.22. The summed E-state index contributed by atoms with van der Waals surface area (Å²) >= 11 is 1.68. The summed E-state index contributed by atoms with van der Waals surface area (Å²) < 4.78 is 2.02. The molecule has 21 heavy (non-hydrogen) atoms. The van der Waals surface area contributed by atoms with Crippen LogP contribution >= 0.6 is 11.8 Å². The number of nitrogens with one attached hydrogen (secondary N) is 1. The molecule has 4 nitrogen and oxygen atoms in total. The van der Waals surface area contributed by atoms with Crippen molar-refractivity contribution in [3.8, 4) is 5.69 Å². The highest BCUT2D eigenvalue weighted by atomic mass is 32.2. The van der Waals surface area contributed by atoms with Crippen molar-refractivity contribution >= 4 is 23.4 Å². The van der Waals surface area contributed by atoms with Gasteiger partial charge in [0.15, 0.2) is 0 Å². The Bertz CT molecular complexity index is 620. The fourth-order valence-corrected chi connectivity index (χ4v) is 2.99. The summed E-state index contributed by atoms with van der Waals surface area (Å²) in [6, 6.07) is 5.81. The number of pyridine rings is 1. The Kier molecular flexibility index (Phi) is 4.73. The molecule has 112 valence electrons. The van der Waals surface area contributed by atoms with Gasteiger partial charge in [0, 0.05) is 23.8 Å². The minimum absolute atomic E-state index is 0.0453. The molecule has 0 aliphatic rings. The van der Waals surface area contributed by atoms with E-state index >= 15 is 0 Å². The third-order valence-electron chi connectivity index (χ3n) is 3.43. The number of carbonyl (C=O) groups excluding carboxylic acids is 1. The van der Waals surface area contributed by atoms with Gasteiger partial charge in [0.25, 0.3) is 0 Å². The van der Waals surface area contributed by atoms with Crippen molar-refractivity contribution in [2.75, 3.05) is 17.3 Å². The van der Waals surface area contributed by atoms with Gasteiger partial charge in [-0.2, -0.15) is 11.8 Å². The van der Waals surface area contributed by atoms with E-state index in [-0.39, 0.29) is 11.3 Å². The Morgan fingerprint density at radius 3 is 2.81 bits per heavy atom. The van der Waals surface area contributed by atoms with Crippen LogP contribution in [0, 0.1) is 12.3 Å². The molecule has 2 rings (SSSR count). The molecule has 1 amide bonds. The van der Waals surface area contributed by atoms with Gasteiger partial charge < -0.3 is 9.88 Å². The molecule has 0 aromatic carbocycles. The second kappa shape index (κ2) is 6.35. The third-order valence-corrected chi connectivity index (χ3v) is 4.44. The number of amides is 1. The molecule has 2 heterocycles. The topological polar surface area (TPSA) is 46.9 Å². The molecule has 0 radical (unpaired) electrons. The molecular formula is C16H21N3OS. The van der Waals surface area contributed by atoms with Gasteiger partial charge in [-0.25, -0.2) is 0 Å². The summed E-state index contributed by atoms with van der Waals surface area (Å²) in [4.78, 5) is 16.5. The summed E-state index contributed by atoms with van der Waals surface area (Å²) in [7, 11) is 0. The largest absolute Gasteiger partial charge is 0.324 e. The van der Waals surface area contributed by atoms with Crippen LogP contribution in [0.4, 0.5) is 5.69 Å². The Balaban J connectivity index is 2.20. The molecule has 0 spiro atoms. The van der Waals surface area contributed by atoms with E-state index in [4.69, 9.17) is 0 Å². The monoisotopic (exact) mass is 303 g/mol. The van der Waals surface area contributed by atoms with E-state index in [1.807, 2.05) is 56.0 Å². The first-order valence-corrected chi connectivity index (χ1v) is 8.24. The van der Waals surface area contributed by atoms with Gasteiger partial charge in [-0.3, -0.25) is 9.78 Å². The van der Waals surface area contributed by atoms with Crippen LogP contribution in [-0.2, 0) is 4.79 Å². The molecular weight excluding hydrogens is 282 g/mol. The van der Waals surface area contributed by atoms with Gasteiger partial charge in [-0.05, 0) is 31.4 Å². The van der Waals surface area contributed by atoms with Crippen LogP contribution in [-0.4, -0.2) is 27.5 Å². The molecule has 0 unspecified atom stereocenters. The van der Waals surface area contributed by atoms with Gasteiger partial charge in [0.1, 0.15) is 0 Å². The Morgan fingerprint density at radius 1 is 1.43 bits per heavy atom. The summed E-state index contributed by atoms with van der Waals surface area (Å²) in [5.74, 6) is 0.838. The van der Waals surface area contributed by atoms with E-state index in [9.17, 15) is 4.79 Å². The van der Waals surface area contributed by atoms with Crippen molar-refractivity contribution in [2.24, 2.45) is 5.41 Å². The number of carbonyl (C=O) groups is 1. The number of thioether (sulfide) groups is 1. The molecule has 0 aliphatic heterocycles. The predicted octanol–water partition coefficient (Wildman–Crippen LogP) is 3.51. The molecule has 0 fully saturated rings. The minimum Gasteiger partial charge on any atom is -0.324 e. The second-order valence-electron chi connectivity index (χ2n) is 5.67. The lowest BCUT2D eigenvalue weighted by atomic mass is 9.95. The maximum Gasteiger partial charge on any atom is 0.230 e. The van der Waals surface area contributed by atoms with E-state index < -0.39 is 0 Å². The molecule has 0 saturated carbocycles. The number of rotatable bonds is 5. The fourth-order valence-electron chi connectivity index (χ4n) is 2.14. The first-order valence-electron chi connectivity index (χ1n) is 6.84. The number of nitrogens with zero attached hydrogens (tertiary/aromatic N) is 2. The van der Waals surface area contributed by atoms with Crippen LogP contribution in [0.5, 0.6) is 0 Å². The van der Waals surface area contributed by atoms with E-state index in [0.717, 1.165) is 22.8 Å². The standard InChI is InChI=1S/C16H21N3OS/c1-12-14(18-15(20)16(2,3)11-21-4)7-9-19(12)13-6-5-8-17-10-13/h5-10H,11H2,1-4H3,(H,18,20). The number of anilines is 1. The fraction of sp³-hybridized carbons (Fsp3) is 0.375. The zero-order chi connectivity index (χ0) is 15.5. The quantitative estimate of drug-likeness (QED) is 0.919. The molecule has 5 heteroatoms. The number of hydrogen-bond acceptors (Lipinski definition) is 3. The zero-order valence-electron chi connectivity index (χ0n) is 12.9. The SMILES string of the molecule is CSCC(C)(C)C(=O)Nc1ccn(-c2cccnc2)c1C. The highest BCUT2D eigenvalue weighted by molar-refractivity contribution is 7.98. The molecule has 0 atom stereocenters. The molecule has 0 saturated heterocycles. The smallest absolute Gasteiger partial charge is 0.230 e. The Hall–Kier alpha value is -1.75. The Morgan fingerprint density at radius 2 is 2.19 bits per heavy atom. The van der Waals surface area contributed by atoms with Crippen molar-refractivity contribution < 1.29 is 4.79 Å². The third kappa shape index (κ3) is 3.47. The summed E-state index contributed by atoms with van der Waals surface area (Å²) in [5, 5.41) is 3.03. The van der Waals surface area contributed by atoms with Crippen LogP contribution in [0.3, 0.4) is 0 Å². The molecule has 1 N–H and O–H groups in total. The highest BCUT2D eigenvalue weighted by Crippen LogP contribution is 2.25. The molecule has 2 aromatic rings. The van der Waals surface area contributed by atoms with Crippen LogP contribution in [0.15, 0.2) is 36.8 Å². The first kappa shape index (κ1) is 15.6. The van der Waals surface area contributed by atoms with E-state index in [2.05, 4.69) is 10.3 Å². The van der Waals surface area contributed by atoms with E-state index in [1.54, 1.807) is 24.2 Å². The maximum atomic E-state index is 12.4. The highest BCUT2D eigenvalue weighted by Gasteiger charge is 2.27. The predicted molar refractivity (Wildman–Crippen MR) is 89.1 cm³/mol. The van der Waals surface area contributed by atoms with Crippen LogP contribution in [0.2, 0.25) is 0 Å². The number of aromatic nitrogens is 2. The van der Waals surface area contributed by atoms with Crippen molar-refractivity contribution in [1.29, 1.82) is 0 Å². The van der Waals surface area contributed by atoms with Gasteiger partial charge in [0.2, 0.25) is 5.91 Å². The van der Waals surface area contributed by atoms with E-state index in [0.29, 0.717) is 0 Å². The second-order valence-corrected chi connectivity index (χ2v) is 6.53. The number of hydrogen-bond donors (Lipinski definition) is 1. The maximum absolute atomic E-state index is 12.4. The van der Waals surface area contributed by atoms with Crippen LogP contribution in [0.1, 0.15) is 19.5 Å². The van der Waals surface area contributed by atoms with Gasteiger partial charge in [-0.1, -0.05) is 13.8 Å². The van der Waals surface area contributed by atoms with E-state index in [1.165, 1.54) is 0 Å². The average Bonchev–Trinajstić information content (AvgIpc) is 2.81. The Labute approximate surface area is 130 Å². The molecule has 0 bridgehead atoms. The summed E-state index contributed by atoms with van der Waals surface area (Å²) in [6.07, 6.45) is 7.51. The lowest BCUT2D eigenvalue weighted by Crippen LogP contribution is -2.33. The van der Waals surface area contributed by atoms with Crippen molar-refractivity contribution in [3.63, 3.8) is 0 Å². The minimum atomic E-state index is -0.387. The van der Waals surface area contributed by atoms with Crippen molar-refractivity contribution in [2.45, 2.75) is 20.8 Å². The van der Waals surface area contributed by atoms with Crippen LogP contribution in [0.25, 0.3) is 5.69 Å². The van der Waals surface area contributed by atoms with Crippen LogP contribution < -0.4 is 5.32 Å². The lowest BCUT2D eigenvalue weighted by molar-refractivity contribution is -0.122. The average molecular weight is 303 g/mol. The van der Waals surface area contributed by atoms with Gasteiger partial charge in [0.05, 0.1) is 23.0 Å². The summed E-state index contributed by atoms with van der Waals surface area (Å²) in [5.41, 5.74) is 2.44. The first-order chi connectivity index (χ1) is 9.95. The molecule has 2 aromatic heterocycles. The molecule has 0 aliphatic carbocycles.